The van der Waals surface area contributed by atoms with E-state index >= 15 is 0 Å². The Morgan fingerprint density at radius 2 is 1.87 bits per heavy atom. The van der Waals surface area contributed by atoms with Crippen molar-refractivity contribution in [3.8, 4) is 11.8 Å². The molecule has 1 aliphatic rings. The molecule has 1 fully saturated rings. The number of aromatic nitrogens is 2. The number of benzene rings is 2. The van der Waals surface area contributed by atoms with Gasteiger partial charge in [0.15, 0.2) is 0 Å². The first-order valence-electron chi connectivity index (χ1n) is 12.0. The molecule has 4 aromatic rings. The zero-order valence-corrected chi connectivity index (χ0v) is 20.3. The van der Waals surface area contributed by atoms with E-state index in [2.05, 4.69) is 27.1 Å². The van der Waals surface area contributed by atoms with Crippen LogP contribution in [0.5, 0.6) is 0 Å². The quantitative estimate of drug-likeness (QED) is 0.381. The molecule has 0 unspecified atom stereocenters. The number of ether oxygens (including phenoxy) is 1. The molecule has 0 radical (unpaired) electrons. The van der Waals surface area contributed by atoms with Crippen molar-refractivity contribution in [3.05, 3.63) is 101 Å². The number of amides is 1. The Hall–Kier alpha value is -4.26. The van der Waals surface area contributed by atoms with Gasteiger partial charge < -0.3 is 10.1 Å². The number of nitrogens with zero attached hydrogens (tertiary/aromatic N) is 3. The molecule has 192 valence electrons. The Morgan fingerprint density at radius 3 is 2.63 bits per heavy atom. The Labute approximate surface area is 217 Å². The molecular weight excluding hydrogens is 493 g/mol. The second kappa shape index (κ2) is 11.0. The highest BCUT2D eigenvalue weighted by atomic mass is 19.4. The molecular formula is C29H23F3N4O2. The van der Waals surface area contributed by atoms with E-state index in [1.165, 1.54) is 24.4 Å². The maximum atomic E-state index is 13.8. The fourth-order valence-electron chi connectivity index (χ4n) is 4.22. The molecule has 2 aromatic carbocycles. The van der Waals surface area contributed by atoms with E-state index in [4.69, 9.17) is 4.74 Å². The maximum absolute atomic E-state index is 13.8. The number of pyridine rings is 2. The van der Waals surface area contributed by atoms with E-state index in [-0.39, 0.29) is 23.5 Å². The van der Waals surface area contributed by atoms with Gasteiger partial charge in [-0.15, -0.1) is 0 Å². The molecule has 9 heteroatoms. The molecule has 3 heterocycles. The third-order valence-corrected chi connectivity index (χ3v) is 6.19. The fourth-order valence-corrected chi connectivity index (χ4v) is 4.22. The number of morpholine rings is 1. The third-order valence-electron chi connectivity index (χ3n) is 6.19. The second-order valence-corrected chi connectivity index (χ2v) is 8.80. The summed E-state index contributed by atoms with van der Waals surface area (Å²) in [4.78, 5) is 22.9. The minimum absolute atomic E-state index is 0.0455. The van der Waals surface area contributed by atoms with Gasteiger partial charge in [-0.2, -0.15) is 13.2 Å². The van der Waals surface area contributed by atoms with E-state index in [0.717, 1.165) is 22.4 Å². The van der Waals surface area contributed by atoms with Crippen LogP contribution in [0.3, 0.4) is 0 Å². The summed E-state index contributed by atoms with van der Waals surface area (Å²) in [7, 11) is 0. The molecule has 1 amide bonds. The normalized spacial score (nSPS) is 14.1. The smallest absolute Gasteiger partial charge is 0.379 e. The van der Waals surface area contributed by atoms with Gasteiger partial charge in [-0.25, -0.2) is 4.98 Å². The zero-order valence-electron chi connectivity index (χ0n) is 20.3. The van der Waals surface area contributed by atoms with E-state index in [0.29, 0.717) is 31.9 Å². The summed E-state index contributed by atoms with van der Waals surface area (Å²) >= 11 is 0. The predicted molar refractivity (Wildman–Crippen MR) is 137 cm³/mol. The van der Waals surface area contributed by atoms with Gasteiger partial charge in [0, 0.05) is 65.8 Å². The van der Waals surface area contributed by atoms with Gasteiger partial charge in [0.25, 0.3) is 5.91 Å². The maximum Gasteiger partial charge on any atom is 0.416 e. The number of hydrogen-bond donors (Lipinski definition) is 1. The molecule has 5 rings (SSSR count). The topological polar surface area (TPSA) is 67.4 Å². The van der Waals surface area contributed by atoms with Gasteiger partial charge >= 0.3 is 6.18 Å². The highest BCUT2D eigenvalue weighted by Gasteiger charge is 2.34. The van der Waals surface area contributed by atoms with Crippen molar-refractivity contribution in [3.63, 3.8) is 0 Å². The third kappa shape index (κ3) is 5.99. The van der Waals surface area contributed by atoms with Gasteiger partial charge in [-0.05, 0) is 42.0 Å². The van der Waals surface area contributed by atoms with Crippen molar-refractivity contribution in [2.45, 2.75) is 12.7 Å². The van der Waals surface area contributed by atoms with Crippen LogP contribution in [0.2, 0.25) is 0 Å². The van der Waals surface area contributed by atoms with Crippen molar-refractivity contribution in [1.82, 2.24) is 14.9 Å². The summed E-state index contributed by atoms with van der Waals surface area (Å²) < 4.78 is 46.6. The fraction of sp³-hybridized carbons (Fsp3) is 0.207. The van der Waals surface area contributed by atoms with Gasteiger partial charge in [0.2, 0.25) is 0 Å². The van der Waals surface area contributed by atoms with Crippen LogP contribution >= 0.6 is 0 Å². The first kappa shape index (κ1) is 25.4. The van der Waals surface area contributed by atoms with Crippen molar-refractivity contribution >= 4 is 22.4 Å². The molecule has 1 saturated heterocycles. The first-order chi connectivity index (χ1) is 18.4. The van der Waals surface area contributed by atoms with E-state index in [9.17, 15) is 18.0 Å². The summed E-state index contributed by atoms with van der Waals surface area (Å²) in [5.41, 5.74) is 0.927. The number of carbonyl (C=O) groups is 1. The van der Waals surface area contributed by atoms with Crippen LogP contribution in [0.15, 0.2) is 73.2 Å². The molecule has 1 N–H and O–H groups in total. The molecule has 6 nitrogen and oxygen atoms in total. The van der Waals surface area contributed by atoms with Crippen LogP contribution in [0.4, 0.5) is 18.9 Å². The average molecular weight is 517 g/mol. The average Bonchev–Trinajstić information content (AvgIpc) is 2.93. The van der Waals surface area contributed by atoms with Crippen LogP contribution in [0.25, 0.3) is 10.8 Å². The van der Waals surface area contributed by atoms with E-state index < -0.39 is 17.6 Å². The SMILES string of the molecule is O=C(Nc1ccc(CN2CCOCC2)c(C(F)(F)F)c1)c1ccc(C#Cc2cccc3cnccc23)cn1. The van der Waals surface area contributed by atoms with Crippen LogP contribution in [0, 0.1) is 11.8 Å². The van der Waals surface area contributed by atoms with Gasteiger partial charge in [0.05, 0.1) is 18.8 Å². The van der Waals surface area contributed by atoms with Crippen LogP contribution in [-0.4, -0.2) is 47.1 Å². The van der Waals surface area contributed by atoms with Crippen molar-refractivity contribution < 1.29 is 22.7 Å². The lowest BCUT2D eigenvalue weighted by molar-refractivity contribution is -0.138. The number of carbonyl (C=O) groups excluding carboxylic acids is 1. The highest BCUT2D eigenvalue weighted by Crippen LogP contribution is 2.34. The number of halogens is 3. The highest BCUT2D eigenvalue weighted by molar-refractivity contribution is 6.03. The molecule has 0 saturated carbocycles. The van der Waals surface area contributed by atoms with Gasteiger partial charge in [-0.1, -0.05) is 30.0 Å². The van der Waals surface area contributed by atoms with Crippen LogP contribution in [0.1, 0.15) is 32.7 Å². The molecule has 0 atom stereocenters. The van der Waals surface area contributed by atoms with Crippen LogP contribution in [-0.2, 0) is 17.5 Å². The minimum atomic E-state index is -4.55. The van der Waals surface area contributed by atoms with Crippen molar-refractivity contribution in [2.75, 3.05) is 31.6 Å². The number of rotatable bonds is 4. The summed E-state index contributed by atoms with van der Waals surface area (Å²) in [5, 5.41) is 4.48. The number of alkyl halides is 3. The Balaban J connectivity index is 1.29. The van der Waals surface area contributed by atoms with E-state index in [1.54, 1.807) is 18.5 Å². The summed E-state index contributed by atoms with van der Waals surface area (Å²) in [6.45, 7) is 2.29. The number of fused-ring (bicyclic) bond motifs is 1. The Bertz CT molecular complexity index is 1510. The second-order valence-electron chi connectivity index (χ2n) is 8.80. The largest absolute Gasteiger partial charge is 0.416 e. The summed E-state index contributed by atoms with van der Waals surface area (Å²) in [6.07, 6.45) is 0.380. The monoisotopic (exact) mass is 516 g/mol. The number of anilines is 1. The van der Waals surface area contributed by atoms with E-state index in [1.807, 2.05) is 29.2 Å². The number of nitrogens with one attached hydrogen (secondary N) is 1. The number of hydrogen-bond acceptors (Lipinski definition) is 5. The van der Waals surface area contributed by atoms with Gasteiger partial charge in [-0.3, -0.25) is 14.7 Å². The Morgan fingerprint density at radius 1 is 1.03 bits per heavy atom. The lowest BCUT2D eigenvalue weighted by Gasteiger charge is -2.27. The molecule has 38 heavy (non-hydrogen) atoms. The molecule has 0 aliphatic carbocycles. The first-order valence-corrected chi connectivity index (χ1v) is 12.0. The van der Waals surface area contributed by atoms with Crippen molar-refractivity contribution in [1.29, 1.82) is 0 Å². The molecule has 0 spiro atoms. The Kier molecular flexibility index (Phi) is 7.36. The molecule has 1 aliphatic heterocycles. The standard InChI is InChI=1S/C29H23F3N4O2/c30-29(31,32)26-16-24(8-7-23(26)19-36-12-14-38-15-13-36)35-28(37)27-9-5-20(17-34-27)4-6-21-2-1-3-22-18-33-11-10-25(21)22/h1-3,5,7-11,16-18H,12-15,19H2,(H,35,37). The van der Waals surface area contributed by atoms with Crippen LogP contribution < -0.4 is 5.32 Å². The predicted octanol–water partition coefficient (Wildman–Crippen LogP) is 5.13. The minimum Gasteiger partial charge on any atom is -0.379 e. The molecule has 0 bridgehead atoms. The molecule has 2 aromatic heterocycles. The van der Waals surface area contributed by atoms with Gasteiger partial charge in [0.1, 0.15) is 5.69 Å². The summed E-state index contributed by atoms with van der Waals surface area (Å²) in [5.74, 6) is 5.53. The lowest BCUT2D eigenvalue weighted by atomic mass is 10.0. The summed E-state index contributed by atoms with van der Waals surface area (Å²) in [6, 6.07) is 14.6. The van der Waals surface area contributed by atoms with Crippen molar-refractivity contribution in [2.24, 2.45) is 0 Å². The lowest BCUT2D eigenvalue weighted by Crippen LogP contribution is -2.36. The zero-order chi connectivity index (χ0) is 26.5.